The predicted molar refractivity (Wildman–Crippen MR) is 42.6 cm³/mol. The minimum Gasteiger partial charge on any atom is -0.394 e. The van der Waals surface area contributed by atoms with Crippen LogP contribution in [0.3, 0.4) is 0 Å². The normalized spacial score (nSPS) is 19.7. The molecule has 2 N–H and O–H groups in total. The Morgan fingerprint density at radius 2 is 2.55 bits per heavy atom. The number of aromatic nitrogens is 2. The van der Waals surface area contributed by atoms with Gasteiger partial charge in [0.05, 0.1) is 12.1 Å². The van der Waals surface area contributed by atoms with Gasteiger partial charge < -0.3 is 10.4 Å². The lowest BCUT2D eigenvalue weighted by atomic mass is 10.3. The first-order valence-corrected chi connectivity index (χ1v) is 4.28. The lowest BCUT2D eigenvalue weighted by molar-refractivity contribution is 0.266. The van der Waals surface area contributed by atoms with E-state index in [4.69, 9.17) is 5.11 Å². The minimum atomic E-state index is -0.0699. The summed E-state index contributed by atoms with van der Waals surface area (Å²) in [7, 11) is 0. The van der Waals surface area contributed by atoms with E-state index in [2.05, 4.69) is 14.7 Å². The van der Waals surface area contributed by atoms with Crippen LogP contribution in [0.4, 0.5) is 5.13 Å². The molecule has 1 aliphatic carbocycles. The van der Waals surface area contributed by atoms with Gasteiger partial charge in [-0.2, -0.15) is 4.37 Å². The second-order valence-corrected chi connectivity index (χ2v) is 3.59. The van der Waals surface area contributed by atoms with E-state index < -0.39 is 0 Å². The summed E-state index contributed by atoms with van der Waals surface area (Å²) in [6.45, 7) is 0.187. The van der Waals surface area contributed by atoms with E-state index in [1.807, 2.05) is 0 Å². The second-order valence-electron chi connectivity index (χ2n) is 2.81. The second kappa shape index (κ2) is 2.42. The van der Waals surface area contributed by atoms with Crippen LogP contribution in [-0.2, 0) is 0 Å². The van der Waals surface area contributed by atoms with E-state index in [0.29, 0.717) is 0 Å². The summed E-state index contributed by atoms with van der Waals surface area (Å²) < 4.78 is 3.85. The number of nitrogens with one attached hydrogen (secondary N) is 1. The molecule has 1 aromatic heterocycles. The Labute approximate surface area is 68.5 Å². The maximum atomic E-state index is 8.95. The quantitative estimate of drug-likeness (QED) is 0.694. The molecular weight excluding hydrogens is 162 g/mol. The lowest BCUT2D eigenvalue weighted by Gasteiger charge is -2.11. The van der Waals surface area contributed by atoms with Gasteiger partial charge in [0, 0.05) is 11.5 Å². The number of aliphatic hydroxyl groups is 1. The summed E-state index contributed by atoms with van der Waals surface area (Å²) in [6, 6.07) is 0. The van der Waals surface area contributed by atoms with E-state index >= 15 is 0 Å². The molecular formula is C6H9N3OS. The van der Waals surface area contributed by atoms with Crippen molar-refractivity contribution in [1.29, 1.82) is 0 Å². The van der Waals surface area contributed by atoms with Crippen LogP contribution in [0.1, 0.15) is 12.8 Å². The maximum absolute atomic E-state index is 8.95. The first-order valence-electron chi connectivity index (χ1n) is 3.50. The first kappa shape index (κ1) is 7.00. The van der Waals surface area contributed by atoms with E-state index in [1.165, 1.54) is 17.9 Å². The summed E-state index contributed by atoms with van der Waals surface area (Å²) >= 11 is 1.32. The summed E-state index contributed by atoms with van der Waals surface area (Å²) in [5, 5.41) is 12.9. The van der Waals surface area contributed by atoms with Gasteiger partial charge in [0.15, 0.2) is 0 Å². The third-order valence-corrected chi connectivity index (χ3v) is 2.47. The highest BCUT2D eigenvalue weighted by Crippen LogP contribution is 2.38. The van der Waals surface area contributed by atoms with Crippen LogP contribution in [0.2, 0.25) is 0 Å². The highest BCUT2D eigenvalue weighted by Gasteiger charge is 2.42. The van der Waals surface area contributed by atoms with Crippen molar-refractivity contribution >= 4 is 16.7 Å². The van der Waals surface area contributed by atoms with Crippen LogP contribution in [0.5, 0.6) is 0 Å². The molecule has 5 heteroatoms. The van der Waals surface area contributed by atoms with Crippen molar-refractivity contribution in [2.24, 2.45) is 0 Å². The summed E-state index contributed by atoms with van der Waals surface area (Å²) in [5.41, 5.74) is -0.0699. The standard InChI is InChI=1S/C6H9N3OS/c10-3-6(1-2-6)9-5-7-4-8-11-5/h4,10H,1-3H2,(H,7,8,9). The molecule has 1 saturated carbocycles. The number of hydrogen-bond donors (Lipinski definition) is 2. The van der Waals surface area contributed by atoms with Crippen molar-refractivity contribution < 1.29 is 5.11 Å². The SMILES string of the molecule is OCC1(Nc2ncns2)CC1. The van der Waals surface area contributed by atoms with Crippen LogP contribution >= 0.6 is 11.5 Å². The fourth-order valence-corrected chi connectivity index (χ4v) is 1.48. The topological polar surface area (TPSA) is 58.0 Å². The van der Waals surface area contributed by atoms with Gasteiger partial charge in [-0.15, -0.1) is 0 Å². The van der Waals surface area contributed by atoms with E-state index in [9.17, 15) is 0 Å². The molecule has 11 heavy (non-hydrogen) atoms. The molecule has 0 radical (unpaired) electrons. The van der Waals surface area contributed by atoms with E-state index in [0.717, 1.165) is 18.0 Å². The summed E-state index contributed by atoms with van der Waals surface area (Å²) in [5.74, 6) is 0. The predicted octanol–water partition coefficient (Wildman–Crippen LogP) is 0.475. The molecule has 1 fully saturated rings. The van der Waals surface area contributed by atoms with Crippen LogP contribution in [0.15, 0.2) is 6.33 Å². The number of nitrogens with zero attached hydrogens (tertiary/aromatic N) is 2. The Kier molecular flexibility index (Phi) is 1.54. The van der Waals surface area contributed by atoms with Gasteiger partial charge in [0.1, 0.15) is 6.33 Å². The van der Waals surface area contributed by atoms with Crippen molar-refractivity contribution in [1.82, 2.24) is 9.36 Å². The molecule has 0 bridgehead atoms. The van der Waals surface area contributed by atoms with Gasteiger partial charge in [-0.25, -0.2) is 4.98 Å². The van der Waals surface area contributed by atoms with Crippen molar-refractivity contribution in [3.8, 4) is 0 Å². The van der Waals surface area contributed by atoms with Gasteiger partial charge in [0.2, 0.25) is 5.13 Å². The summed E-state index contributed by atoms with van der Waals surface area (Å²) in [6.07, 6.45) is 3.58. The Hall–Kier alpha value is -0.680. The number of hydrogen-bond acceptors (Lipinski definition) is 5. The third-order valence-electron chi connectivity index (χ3n) is 1.89. The molecule has 1 heterocycles. The lowest BCUT2D eigenvalue weighted by Crippen LogP contribution is -2.25. The highest BCUT2D eigenvalue weighted by atomic mass is 32.1. The van der Waals surface area contributed by atoms with Crippen LogP contribution in [0.25, 0.3) is 0 Å². The zero-order valence-corrected chi connectivity index (χ0v) is 6.77. The molecule has 1 aliphatic rings. The average molecular weight is 171 g/mol. The molecule has 1 aromatic rings. The zero-order chi connectivity index (χ0) is 7.73. The van der Waals surface area contributed by atoms with Crippen LogP contribution in [0, 0.1) is 0 Å². The number of aliphatic hydroxyl groups excluding tert-OH is 1. The molecule has 60 valence electrons. The van der Waals surface area contributed by atoms with Gasteiger partial charge in [-0.3, -0.25) is 0 Å². The Morgan fingerprint density at radius 3 is 3.00 bits per heavy atom. The largest absolute Gasteiger partial charge is 0.394 e. The fraction of sp³-hybridized carbons (Fsp3) is 0.667. The summed E-state index contributed by atoms with van der Waals surface area (Å²) in [4.78, 5) is 3.97. The molecule has 0 aromatic carbocycles. The molecule has 0 aliphatic heterocycles. The van der Waals surface area contributed by atoms with Crippen molar-refractivity contribution in [2.75, 3.05) is 11.9 Å². The van der Waals surface area contributed by atoms with E-state index in [-0.39, 0.29) is 12.1 Å². The molecule has 0 saturated heterocycles. The maximum Gasteiger partial charge on any atom is 0.202 e. The van der Waals surface area contributed by atoms with Gasteiger partial charge >= 0.3 is 0 Å². The molecule has 2 rings (SSSR count). The van der Waals surface area contributed by atoms with Gasteiger partial charge in [-0.1, -0.05) is 0 Å². The molecule has 4 nitrogen and oxygen atoms in total. The Bertz CT molecular complexity index is 232. The Morgan fingerprint density at radius 1 is 1.73 bits per heavy atom. The first-order chi connectivity index (χ1) is 5.35. The number of rotatable bonds is 3. The highest BCUT2D eigenvalue weighted by molar-refractivity contribution is 7.09. The van der Waals surface area contributed by atoms with Crippen LogP contribution < -0.4 is 5.32 Å². The fourth-order valence-electron chi connectivity index (χ4n) is 0.929. The third kappa shape index (κ3) is 1.34. The monoisotopic (exact) mass is 171 g/mol. The molecule has 0 spiro atoms. The van der Waals surface area contributed by atoms with Crippen LogP contribution in [-0.4, -0.2) is 26.6 Å². The van der Waals surface area contributed by atoms with Crippen molar-refractivity contribution in [2.45, 2.75) is 18.4 Å². The van der Waals surface area contributed by atoms with Gasteiger partial charge in [-0.05, 0) is 12.8 Å². The zero-order valence-electron chi connectivity index (χ0n) is 5.95. The molecule has 0 amide bonds. The van der Waals surface area contributed by atoms with Gasteiger partial charge in [0.25, 0.3) is 0 Å². The van der Waals surface area contributed by atoms with Crippen molar-refractivity contribution in [3.63, 3.8) is 0 Å². The van der Waals surface area contributed by atoms with Crippen molar-refractivity contribution in [3.05, 3.63) is 6.33 Å². The molecule has 0 unspecified atom stereocenters. The van der Waals surface area contributed by atoms with E-state index in [1.54, 1.807) is 0 Å². The average Bonchev–Trinajstić information content (AvgIpc) is 2.59. The number of anilines is 1. The smallest absolute Gasteiger partial charge is 0.202 e. The Balaban J connectivity index is 2.01. The minimum absolute atomic E-state index is 0.0699. The molecule has 0 atom stereocenters.